The second-order valence-electron chi connectivity index (χ2n) is 7.88. The zero-order chi connectivity index (χ0) is 24.5. The summed E-state index contributed by atoms with van der Waals surface area (Å²) in [5.74, 6) is -0.0932. The number of methoxy groups -OCH3 is 1. The number of fused-ring (bicyclic) bond motifs is 1. The number of amides is 1. The molecule has 3 aromatic carbocycles. The van der Waals surface area contributed by atoms with Crippen LogP contribution in [0.25, 0.3) is 22.5 Å². The lowest BCUT2D eigenvalue weighted by atomic mass is 9.99. The first kappa shape index (κ1) is 22.5. The number of halogens is 1. The van der Waals surface area contributed by atoms with Gasteiger partial charge in [-0.2, -0.15) is 0 Å². The van der Waals surface area contributed by atoms with Crippen molar-refractivity contribution in [1.29, 1.82) is 0 Å². The van der Waals surface area contributed by atoms with E-state index in [1.807, 2.05) is 24.3 Å². The molecule has 9 heteroatoms. The highest BCUT2D eigenvalue weighted by molar-refractivity contribution is 6.33. The molecule has 176 valence electrons. The molecule has 1 aliphatic heterocycles. The number of carbonyl (C=O) groups is 2. The first-order valence-electron chi connectivity index (χ1n) is 10.6. The summed E-state index contributed by atoms with van der Waals surface area (Å²) in [6.45, 7) is 0.351. The SMILES string of the molecule is COc1ccc(-c2ccc3c(c2)CN(C(=O)c2cc(-c4ccccc4Cl)on2)CO3)cc1C(=O)O. The average molecular weight is 491 g/mol. The van der Waals surface area contributed by atoms with Gasteiger partial charge in [-0.1, -0.05) is 41.0 Å². The summed E-state index contributed by atoms with van der Waals surface area (Å²) in [7, 11) is 1.43. The topological polar surface area (TPSA) is 102 Å². The number of carbonyl (C=O) groups excluding carboxylic acids is 1. The summed E-state index contributed by atoms with van der Waals surface area (Å²) in [5, 5.41) is 13.9. The summed E-state index contributed by atoms with van der Waals surface area (Å²) in [6, 6.07) is 19.2. The standard InChI is InChI=1S/C26H19ClN2O6/c1-33-23-9-7-16(11-19(23)26(31)32)15-6-8-22-17(10-15)13-29(14-34-22)25(30)21-12-24(35-28-21)18-4-2-3-5-20(18)27/h2-12H,13-14H2,1H3,(H,31,32). The Morgan fingerprint density at radius 2 is 1.83 bits per heavy atom. The van der Waals surface area contributed by atoms with Crippen molar-refractivity contribution in [1.82, 2.24) is 10.1 Å². The van der Waals surface area contributed by atoms with Crippen molar-refractivity contribution < 1.29 is 28.7 Å². The number of benzene rings is 3. The molecule has 1 amide bonds. The van der Waals surface area contributed by atoms with Gasteiger partial charge in [-0.3, -0.25) is 9.69 Å². The van der Waals surface area contributed by atoms with Gasteiger partial charge in [0, 0.05) is 17.2 Å². The zero-order valence-electron chi connectivity index (χ0n) is 18.5. The zero-order valence-corrected chi connectivity index (χ0v) is 19.3. The van der Waals surface area contributed by atoms with E-state index in [0.717, 1.165) is 11.1 Å². The Hall–Kier alpha value is -4.30. The molecule has 0 bridgehead atoms. The predicted octanol–water partition coefficient (Wildman–Crippen LogP) is 5.36. The van der Waals surface area contributed by atoms with Gasteiger partial charge in [0.1, 0.15) is 17.1 Å². The van der Waals surface area contributed by atoms with Crippen LogP contribution in [0.5, 0.6) is 11.5 Å². The van der Waals surface area contributed by atoms with E-state index < -0.39 is 5.97 Å². The summed E-state index contributed by atoms with van der Waals surface area (Å²) in [4.78, 5) is 26.2. The fraction of sp³-hybridized carbons (Fsp3) is 0.115. The van der Waals surface area contributed by atoms with Crippen molar-refractivity contribution in [3.8, 4) is 33.9 Å². The summed E-state index contributed by atoms with van der Waals surface area (Å²) in [6.07, 6.45) is 0. The van der Waals surface area contributed by atoms with Crippen molar-refractivity contribution in [2.45, 2.75) is 6.54 Å². The smallest absolute Gasteiger partial charge is 0.339 e. The molecule has 0 radical (unpaired) electrons. The fourth-order valence-electron chi connectivity index (χ4n) is 3.93. The van der Waals surface area contributed by atoms with Gasteiger partial charge in [0.2, 0.25) is 0 Å². The van der Waals surface area contributed by atoms with Crippen LogP contribution >= 0.6 is 11.6 Å². The Labute approximate surface area is 205 Å². The van der Waals surface area contributed by atoms with Crippen LogP contribution in [0.2, 0.25) is 5.02 Å². The van der Waals surface area contributed by atoms with Gasteiger partial charge in [0.05, 0.1) is 18.7 Å². The van der Waals surface area contributed by atoms with E-state index in [0.29, 0.717) is 27.7 Å². The van der Waals surface area contributed by atoms with Crippen LogP contribution in [0.15, 0.2) is 71.3 Å². The highest BCUT2D eigenvalue weighted by atomic mass is 35.5. The molecule has 0 saturated carbocycles. The number of nitrogens with zero attached hydrogens (tertiary/aromatic N) is 2. The summed E-state index contributed by atoms with van der Waals surface area (Å²) < 4.78 is 16.3. The lowest BCUT2D eigenvalue weighted by Crippen LogP contribution is -2.37. The number of aromatic carboxylic acids is 1. The van der Waals surface area contributed by atoms with E-state index in [-0.39, 0.29) is 36.2 Å². The third-order valence-corrected chi connectivity index (χ3v) is 6.05. The Morgan fingerprint density at radius 1 is 1.06 bits per heavy atom. The van der Waals surface area contributed by atoms with Crippen LogP contribution < -0.4 is 9.47 Å². The molecule has 35 heavy (non-hydrogen) atoms. The average Bonchev–Trinajstić information content (AvgIpc) is 3.37. The number of carboxylic acids is 1. The largest absolute Gasteiger partial charge is 0.496 e. The van der Waals surface area contributed by atoms with Crippen molar-refractivity contribution >= 4 is 23.5 Å². The molecule has 0 spiro atoms. The Bertz CT molecular complexity index is 1450. The van der Waals surface area contributed by atoms with Crippen LogP contribution in [0.4, 0.5) is 0 Å². The Kier molecular flexibility index (Phi) is 5.88. The van der Waals surface area contributed by atoms with Gasteiger partial charge >= 0.3 is 5.97 Å². The third-order valence-electron chi connectivity index (χ3n) is 5.72. The van der Waals surface area contributed by atoms with E-state index >= 15 is 0 Å². The van der Waals surface area contributed by atoms with Gasteiger partial charge in [0.15, 0.2) is 18.2 Å². The number of hydrogen-bond donors (Lipinski definition) is 1. The van der Waals surface area contributed by atoms with E-state index in [1.165, 1.54) is 12.0 Å². The van der Waals surface area contributed by atoms with Gasteiger partial charge in [0.25, 0.3) is 5.91 Å². The summed E-state index contributed by atoms with van der Waals surface area (Å²) in [5.41, 5.74) is 3.13. The molecule has 0 unspecified atom stereocenters. The second-order valence-corrected chi connectivity index (χ2v) is 8.28. The maximum absolute atomic E-state index is 13.1. The van der Waals surface area contributed by atoms with Crippen LogP contribution in [-0.2, 0) is 6.54 Å². The minimum Gasteiger partial charge on any atom is -0.496 e. The van der Waals surface area contributed by atoms with Crippen LogP contribution in [0, 0.1) is 0 Å². The molecule has 2 heterocycles. The first-order valence-corrected chi connectivity index (χ1v) is 11.0. The minimum absolute atomic E-state index is 0.0607. The van der Waals surface area contributed by atoms with Crippen molar-refractivity contribution in [2.75, 3.05) is 13.8 Å². The predicted molar refractivity (Wildman–Crippen MR) is 128 cm³/mol. The van der Waals surface area contributed by atoms with Crippen molar-refractivity contribution in [3.05, 3.63) is 88.6 Å². The van der Waals surface area contributed by atoms with Crippen LogP contribution in [0.1, 0.15) is 26.4 Å². The number of ether oxygens (including phenoxy) is 2. The van der Waals surface area contributed by atoms with Crippen LogP contribution in [0.3, 0.4) is 0 Å². The number of carboxylic acid groups (broad SMARTS) is 1. The van der Waals surface area contributed by atoms with E-state index in [1.54, 1.807) is 42.5 Å². The normalized spacial score (nSPS) is 12.6. The second kappa shape index (κ2) is 9.15. The monoisotopic (exact) mass is 490 g/mol. The number of hydrogen-bond acceptors (Lipinski definition) is 6. The quantitative estimate of drug-likeness (QED) is 0.401. The summed E-state index contributed by atoms with van der Waals surface area (Å²) >= 11 is 6.22. The Morgan fingerprint density at radius 3 is 2.60 bits per heavy atom. The van der Waals surface area contributed by atoms with Crippen molar-refractivity contribution in [3.63, 3.8) is 0 Å². The molecule has 4 aromatic rings. The van der Waals surface area contributed by atoms with Gasteiger partial charge < -0.3 is 19.1 Å². The first-order chi connectivity index (χ1) is 16.9. The molecule has 0 atom stereocenters. The highest BCUT2D eigenvalue weighted by Crippen LogP contribution is 2.33. The molecule has 0 fully saturated rings. The number of rotatable bonds is 5. The molecular weight excluding hydrogens is 472 g/mol. The lowest BCUT2D eigenvalue weighted by molar-refractivity contribution is 0.0504. The van der Waals surface area contributed by atoms with Gasteiger partial charge in [-0.05, 0) is 47.5 Å². The number of aromatic nitrogens is 1. The molecule has 1 aromatic heterocycles. The maximum atomic E-state index is 13.1. The lowest BCUT2D eigenvalue weighted by Gasteiger charge is -2.28. The molecule has 0 aliphatic carbocycles. The van der Waals surface area contributed by atoms with E-state index in [4.69, 9.17) is 25.6 Å². The van der Waals surface area contributed by atoms with Crippen molar-refractivity contribution in [2.24, 2.45) is 0 Å². The van der Waals surface area contributed by atoms with Gasteiger partial charge in [-0.15, -0.1) is 0 Å². The third kappa shape index (κ3) is 4.31. The van der Waals surface area contributed by atoms with E-state index in [9.17, 15) is 14.7 Å². The molecule has 5 rings (SSSR count). The Balaban J connectivity index is 1.39. The fourth-order valence-corrected chi connectivity index (χ4v) is 4.16. The van der Waals surface area contributed by atoms with Crippen LogP contribution in [-0.4, -0.2) is 40.9 Å². The van der Waals surface area contributed by atoms with E-state index in [2.05, 4.69) is 5.16 Å². The molecular formula is C26H19ClN2O6. The molecule has 8 nitrogen and oxygen atoms in total. The molecule has 0 saturated heterocycles. The molecule has 1 N–H and O–H groups in total. The minimum atomic E-state index is -1.08. The van der Waals surface area contributed by atoms with Gasteiger partial charge in [-0.25, -0.2) is 4.79 Å². The highest BCUT2D eigenvalue weighted by Gasteiger charge is 2.26. The molecule has 1 aliphatic rings. The maximum Gasteiger partial charge on any atom is 0.339 e.